The SMILES string of the molecule is c1csc(C2(N3CCCCC3)CNCCN2)c1. The lowest BCUT2D eigenvalue weighted by atomic mass is 9.99. The molecule has 0 aliphatic carbocycles. The summed E-state index contributed by atoms with van der Waals surface area (Å²) in [7, 11) is 0. The summed E-state index contributed by atoms with van der Waals surface area (Å²) in [5.74, 6) is 0. The molecule has 2 aliphatic rings. The van der Waals surface area contributed by atoms with Gasteiger partial charge in [0, 0.05) is 37.6 Å². The molecule has 3 nitrogen and oxygen atoms in total. The maximum Gasteiger partial charge on any atom is 0.120 e. The third kappa shape index (κ3) is 2.15. The lowest BCUT2D eigenvalue weighted by molar-refractivity contribution is 0.0242. The maximum atomic E-state index is 3.78. The standard InChI is InChI=1S/C13H21N3S/c1-2-8-16(9-3-1)13(11-14-6-7-15-13)12-5-4-10-17-12/h4-5,10,14-15H,1-3,6-9,11H2. The molecule has 4 heteroatoms. The highest BCUT2D eigenvalue weighted by Gasteiger charge is 2.40. The summed E-state index contributed by atoms with van der Waals surface area (Å²) < 4.78 is 0. The molecule has 0 saturated carbocycles. The van der Waals surface area contributed by atoms with E-state index in [4.69, 9.17) is 0 Å². The molecule has 1 aromatic heterocycles. The van der Waals surface area contributed by atoms with Gasteiger partial charge in [0.1, 0.15) is 5.66 Å². The molecule has 0 amide bonds. The molecule has 0 spiro atoms. The first-order valence-corrected chi connectivity index (χ1v) is 7.55. The Balaban J connectivity index is 1.89. The Hall–Kier alpha value is -0.420. The zero-order chi connectivity index (χ0) is 11.6. The fourth-order valence-electron chi connectivity index (χ4n) is 3.03. The van der Waals surface area contributed by atoms with Crippen LogP contribution in [0.3, 0.4) is 0 Å². The number of rotatable bonds is 2. The van der Waals surface area contributed by atoms with Crippen LogP contribution in [-0.2, 0) is 5.66 Å². The number of nitrogens with one attached hydrogen (secondary N) is 2. The van der Waals surface area contributed by atoms with Gasteiger partial charge < -0.3 is 5.32 Å². The van der Waals surface area contributed by atoms with Crippen molar-refractivity contribution in [1.29, 1.82) is 0 Å². The largest absolute Gasteiger partial charge is 0.312 e. The van der Waals surface area contributed by atoms with E-state index < -0.39 is 0 Å². The van der Waals surface area contributed by atoms with Crippen LogP contribution in [0.1, 0.15) is 24.1 Å². The van der Waals surface area contributed by atoms with Crippen molar-refractivity contribution in [1.82, 2.24) is 15.5 Å². The minimum Gasteiger partial charge on any atom is -0.312 e. The summed E-state index contributed by atoms with van der Waals surface area (Å²) in [6.07, 6.45) is 4.08. The van der Waals surface area contributed by atoms with Crippen molar-refractivity contribution in [2.24, 2.45) is 0 Å². The van der Waals surface area contributed by atoms with Gasteiger partial charge >= 0.3 is 0 Å². The molecule has 2 saturated heterocycles. The van der Waals surface area contributed by atoms with Crippen LogP contribution in [0.2, 0.25) is 0 Å². The van der Waals surface area contributed by atoms with Gasteiger partial charge in [0.2, 0.25) is 0 Å². The number of nitrogens with zero attached hydrogens (tertiary/aromatic N) is 1. The van der Waals surface area contributed by atoms with Gasteiger partial charge in [0.25, 0.3) is 0 Å². The molecule has 0 aromatic carbocycles. The summed E-state index contributed by atoms with van der Waals surface area (Å²) in [6.45, 7) is 5.64. The van der Waals surface area contributed by atoms with E-state index in [9.17, 15) is 0 Å². The first kappa shape index (κ1) is 11.7. The lowest BCUT2D eigenvalue weighted by Gasteiger charge is -2.48. The molecule has 17 heavy (non-hydrogen) atoms. The number of hydrogen-bond acceptors (Lipinski definition) is 4. The van der Waals surface area contributed by atoms with E-state index >= 15 is 0 Å². The second kappa shape index (κ2) is 5.06. The van der Waals surface area contributed by atoms with Gasteiger partial charge in [-0.05, 0) is 24.3 Å². The molecule has 0 bridgehead atoms. The highest BCUT2D eigenvalue weighted by atomic mass is 32.1. The predicted octanol–water partition coefficient (Wildman–Crippen LogP) is 1.58. The highest BCUT2D eigenvalue weighted by Crippen LogP contribution is 2.32. The van der Waals surface area contributed by atoms with Gasteiger partial charge in [-0.1, -0.05) is 12.5 Å². The van der Waals surface area contributed by atoms with Crippen LogP contribution in [0.15, 0.2) is 17.5 Å². The van der Waals surface area contributed by atoms with Crippen LogP contribution < -0.4 is 10.6 Å². The van der Waals surface area contributed by atoms with Crippen LogP contribution in [0.5, 0.6) is 0 Å². The number of likely N-dealkylation sites (tertiary alicyclic amines) is 1. The van der Waals surface area contributed by atoms with E-state index in [-0.39, 0.29) is 5.66 Å². The smallest absolute Gasteiger partial charge is 0.120 e. The van der Waals surface area contributed by atoms with Gasteiger partial charge in [0.15, 0.2) is 0 Å². The van der Waals surface area contributed by atoms with Crippen LogP contribution in [0.25, 0.3) is 0 Å². The Labute approximate surface area is 107 Å². The molecule has 94 valence electrons. The fraction of sp³-hybridized carbons (Fsp3) is 0.692. The molecular formula is C13H21N3S. The van der Waals surface area contributed by atoms with E-state index in [1.54, 1.807) is 0 Å². The number of piperidine rings is 1. The van der Waals surface area contributed by atoms with E-state index in [0.717, 1.165) is 19.6 Å². The van der Waals surface area contributed by atoms with Crippen LogP contribution in [0, 0.1) is 0 Å². The van der Waals surface area contributed by atoms with Crippen molar-refractivity contribution in [3.05, 3.63) is 22.4 Å². The van der Waals surface area contributed by atoms with Crippen LogP contribution >= 0.6 is 11.3 Å². The second-order valence-corrected chi connectivity index (χ2v) is 5.94. The predicted molar refractivity (Wildman–Crippen MR) is 72.3 cm³/mol. The van der Waals surface area contributed by atoms with Crippen LogP contribution in [0.4, 0.5) is 0 Å². The molecule has 3 heterocycles. The quantitative estimate of drug-likeness (QED) is 0.836. The van der Waals surface area contributed by atoms with Gasteiger partial charge in [-0.3, -0.25) is 10.2 Å². The van der Waals surface area contributed by atoms with Gasteiger partial charge in [-0.15, -0.1) is 11.3 Å². The third-order valence-corrected chi connectivity index (χ3v) is 4.95. The van der Waals surface area contributed by atoms with Crippen molar-refractivity contribution < 1.29 is 0 Å². The van der Waals surface area contributed by atoms with E-state index in [1.807, 2.05) is 11.3 Å². The molecule has 2 N–H and O–H groups in total. The fourth-order valence-corrected chi connectivity index (χ4v) is 3.96. The molecule has 3 rings (SSSR count). The van der Waals surface area contributed by atoms with Gasteiger partial charge in [-0.2, -0.15) is 0 Å². The van der Waals surface area contributed by atoms with Gasteiger partial charge in [0.05, 0.1) is 0 Å². The third-order valence-electron chi connectivity index (χ3n) is 3.92. The average Bonchev–Trinajstić information content (AvgIpc) is 2.95. The molecule has 0 radical (unpaired) electrons. The molecule has 2 fully saturated rings. The summed E-state index contributed by atoms with van der Waals surface area (Å²) in [5, 5.41) is 9.53. The van der Waals surface area contributed by atoms with Crippen LogP contribution in [-0.4, -0.2) is 37.6 Å². The Bertz CT molecular complexity index is 338. The Morgan fingerprint density at radius 2 is 2.06 bits per heavy atom. The number of thiophene rings is 1. The Morgan fingerprint density at radius 3 is 2.71 bits per heavy atom. The van der Waals surface area contributed by atoms with Crippen molar-refractivity contribution in [2.75, 3.05) is 32.7 Å². The topological polar surface area (TPSA) is 27.3 Å². The summed E-state index contributed by atoms with van der Waals surface area (Å²) in [4.78, 5) is 4.11. The first-order chi connectivity index (χ1) is 8.42. The van der Waals surface area contributed by atoms with E-state index in [1.165, 1.54) is 37.2 Å². The van der Waals surface area contributed by atoms with Crippen molar-refractivity contribution in [3.63, 3.8) is 0 Å². The monoisotopic (exact) mass is 251 g/mol. The summed E-state index contributed by atoms with van der Waals surface area (Å²) in [5.41, 5.74) is 0.0623. The molecular weight excluding hydrogens is 230 g/mol. The molecule has 1 unspecified atom stereocenters. The molecule has 1 aromatic rings. The minimum absolute atomic E-state index is 0.0623. The average molecular weight is 251 g/mol. The van der Waals surface area contributed by atoms with E-state index in [2.05, 4.69) is 33.0 Å². The second-order valence-electron chi connectivity index (χ2n) is 4.99. The Morgan fingerprint density at radius 1 is 1.18 bits per heavy atom. The summed E-state index contributed by atoms with van der Waals surface area (Å²) in [6, 6.07) is 4.45. The number of piperazine rings is 1. The van der Waals surface area contributed by atoms with Crippen molar-refractivity contribution in [3.8, 4) is 0 Å². The zero-order valence-corrected chi connectivity index (χ0v) is 11.1. The molecule has 1 atom stereocenters. The summed E-state index contributed by atoms with van der Waals surface area (Å²) >= 11 is 1.88. The number of hydrogen-bond donors (Lipinski definition) is 2. The highest BCUT2D eigenvalue weighted by molar-refractivity contribution is 7.10. The molecule has 2 aliphatic heterocycles. The lowest BCUT2D eigenvalue weighted by Crippen LogP contribution is -2.66. The van der Waals surface area contributed by atoms with Crippen molar-refractivity contribution in [2.45, 2.75) is 24.9 Å². The van der Waals surface area contributed by atoms with Crippen molar-refractivity contribution >= 4 is 11.3 Å². The van der Waals surface area contributed by atoms with E-state index in [0.29, 0.717) is 0 Å². The maximum absolute atomic E-state index is 3.78. The zero-order valence-electron chi connectivity index (χ0n) is 10.2. The Kier molecular flexibility index (Phi) is 3.47. The van der Waals surface area contributed by atoms with Gasteiger partial charge in [-0.25, -0.2) is 0 Å². The first-order valence-electron chi connectivity index (χ1n) is 6.67. The minimum atomic E-state index is 0.0623. The normalized spacial score (nSPS) is 31.5.